The smallest absolute Gasteiger partial charge is 0.0703 e. The molecule has 0 saturated heterocycles. The van der Waals surface area contributed by atoms with Crippen LogP contribution in [0.3, 0.4) is 0 Å². The summed E-state index contributed by atoms with van der Waals surface area (Å²) in [6.45, 7) is 10.2. The van der Waals surface area contributed by atoms with E-state index < -0.39 is 0 Å². The molecular formula is C62H56N2. The molecule has 0 bridgehead atoms. The summed E-state index contributed by atoms with van der Waals surface area (Å²) in [5, 5.41) is 4.98. The third-order valence-electron chi connectivity index (χ3n) is 13.5. The fourth-order valence-electron chi connectivity index (χ4n) is 10.8. The van der Waals surface area contributed by atoms with Gasteiger partial charge in [0.15, 0.2) is 0 Å². The Kier molecular flexibility index (Phi) is 11.0. The minimum Gasteiger partial charge on any atom is -0.306 e. The summed E-state index contributed by atoms with van der Waals surface area (Å²) in [6.07, 6.45) is 9.76. The number of aryl methyl sites for hydroxylation is 1. The number of rotatable bonds is 5. The minimum absolute atomic E-state index is 0.172. The monoisotopic (exact) mass is 828 g/mol. The summed E-state index contributed by atoms with van der Waals surface area (Å²) < 4.78 is 0. The largest absolute Gasteiger partial charge is 0.306 e. The Morgan fingerprint density at radius 3 is 1.66 bits per heavy atom. The molecule has 1 spiro atoms. The summed E-state index contributed by atoms with van der Waals surface area (Å²) in [5.74, 6) is 0. The maximum absolute atomic E-state index is 2.49. The van der Waals surface area contributed by atoms with Gasteiger partial charge in [-0.1, -0.05) is 192 Å². The van der Waals surface area contributed by atoms with Crippen molar-refractivity contribution in [2.45, 2.75) is 65.7 Å². The Bertz CT molecular complexity index is 3140. The van der Waals surface area contributed by atoms with Crippen LogP contribution in [0.15, 0.2) is 188 Å². The van der Waals surface area contributed by atoms with Crippen LogP contribution >= 0.6 is 0 Å². The third kappa shape index (κ3) is 6.81. The minimum atomic E-state index is 0.172. The van der Waals surface area contributed by atoms with Gasteiger partial charge in [0.2, 0.25) is 0 Å². The molecule has 2 nitrogen and oxygen atoms in total. The fraction of sp³-hybridized carbons (Fsp3) is 0.161. The number of para-hydroxylation sites is 5. The topological polar surface area (TPSA) is 6.48 Å². The highest BCUT2D eigenvalue weighted by atomic mass is 15.3. The van der Waals surface area contributed by atoms with Crippen LogP contribution in [0.2, 0.25) is 0 Å². The predicted octanol–water partition coefficient (Wildman–Crippen LogP) is 18.3. The van der Waals surface area contributed by atoms with E-state index in [0.717, 1.165) is 34.1 Å². The number of nitrogens with zero attached hydrogens (tertiary/aromatic N) is 2. The summed E-state index contributed by atoms with van der Waals surface area (Å²) in [6, 6.07) is 69.7. The highest BCUT2D eigenvalue weighted by Gasteiger charge is 2.45. The number of hydrogen-bond donors (Lipinski definition) is 0. The van der Waals surface area contributed by atoms with Crippen molar-refractivity contribution in [2.75, 3.05) is 9.80 Å². The van der Waals surface area contributed by atoms with Crippen molar-refractivity contribution in [3.8, 4) is 22.3 Å². The number of benzene rings is 9. The van der Waals surface area contributed by atoms with Gasteiger partial charge in [-0.3, -0.25) is 0 Å². The molecule has 0 N–H and O–H groups in total. The van der Waals surface area contributed by atoms with Crippen molar-refractivity contribution < 1.29 is 0 Å². The van der Waals surface area contributed by atoms with Gasteiger partial charge in [0, 0.05) is 16.8 Å². The van der Waals surface area contributed by atoms with Gasteiger partial charge in [-0.05, 0) is 140 Å². The lowest BCUT2D eigenvalue weighted by Gasteiger charge is -2.40. The molecule has 1 aliphatic heterocycles. The van der Waals surface area contributed by atoms with Crippen molar-refractivity contribution in [2.24, 2.45) is 0 Å². The molecule has 1 saturated carbocycles. The lowest BCUT2D eigenvalue weighted by molar-refractivity contribution is 0.549. The molecular weight excluding hydrogens is 773 g/mol. The molecule has 0 atom stereocenters. The van der Waals surface area contributed by atoms with Crippen molar-refractivity contribution >= 4 is 67.8 Å². The third-order valence-corrected chi connectivity index (χ3v) is 13.5. The molecule has 9 aromatic carbocycles. The van der Waals surface area contributed by atoms with Crippen molar-refractivity contribution in [3.63, 3.8) is 0 Å². The first-order valence-corrected chi connectivity index (χ1v) is 23.5. The molecule has 0 unspecified atom stereocenters. The maximum Gasteiger partial charge on any atom is 0.0703 e. The molecule has 0 radical (unpaired) electrons. The van der Waals surface area contributed by atoms with Crippen LogP contribution in [0.1, 0.15) is 81.2 Å². The molecule has 1 heterocycles. The van der Waals surface area contributed by atoms with Crippen LogP contribution in [0.5, 0.6) is 0 Å². The lowest BCUT2D eigenvalue weighted by Crippen LogP contribution is -2.23. The second-order valence-electron chi connectivity index (χ2n) is 17.0. The van der Waals surface area contributed by atoms with Gasteiger partial charge in [-0.25, -0.2) is 0 Å². The molecule has 1 fully saturated rings. The normalized spacial score (nSPS) is 14.1. The molecule has 12 rings (SSSR count). The van der Waals surface area contributed by atoms with Crippen molar-refractivity contribution in [3.05, 3.63) is 216 Å². The van der Waals surface area contributed by atoms with Gasteiger partial charge in [0.05, 0.1) is 22.7 Å². The number of fused-ring (bicyclic) bond motifs is 9. The molecule has 64 heavy (non-hydrogen) atoms. The Morgan fingerprint density at radius 1 is 0.422 bits per heavy atom. The Morgan fingerprint density at radius 2 is 0.969 bits per heavy atom. The van der Waals surface area contributed by atoms with Crippen LogP contribution in [-0.2, 0) is 5.41 Å². The first-order chi connectivity index (χ1) is 31.6. The molecule has 0 amide bonds. The van der Waals surface area contributed by atoms with E-state index in [1.807, 2.05) is 27.7 Å². The van der Waals surface area contributed by atoms with E-state index in [9.17, 15) is 0 Å². The van der Waals surface area contributed by atoms with Crippen LogP contribution in [0, 0.1) is 6.92 Å². The van der Waals surface area contributed by atoms with Gasteiger partial charge in [-0.15, -0.1) is 0 Å². The highest BCUT2D eigenvalue weighted by molar-refractivity contribution is 6.05. The SMILES string of the molecule is CC.CC.Cc1ccc2c(c1)C1(CCCC1)c1cc(/C=C/c3ccc(-c4ccc5cc(N6c7ccccc7N(c7ccccc7)c7ccccc76)ccc5c4)c4ccccc34)ccc1-2. The van der Waals surface area contributed by atoms with Crippen LogP contribution in [0.25, 0.3) is 56.0 Å². The van der Waals surface area contributed by atoms with Gasteiger partial charge < -0.3 is 9.80 Å². The van der Waals surface area contributed by atoms with E-state index in [4.69, 9.17) is 0 Å². The second kappa shape index (κ2) is 17.2. The van der Waals surface area contributed by atoms with Crippen molar-refractivity contribution in [1.29, 1.82) is 0 Å². The summed E-state index contributed by atoms with van der Waals surface area (Å²) in [7, 11) is 0. The standard InChI is InChI=1S/C58H44N2.2C2H6/c1-39-21-30-50-51-31-23-40(36-53(51)58(52(50)35-39)33-11-12-34-58)22-24-41-28-32-48(49-16-6-5-15-47(41)49)44-26-25-43-38-46(29-27-42(43)37-44)60-56-19-9-7-17-54(56)59(45-13-3-2-4-14-45)55-18-8-10-20-57(55)60;2*1-2/h2-10,13-32,35-38H,11-12,33-34H2,1H3;2*1-2H3/b24-22+;;. The first kappa shape index (κ1) is 40.9. The predicted molar refractivity (Wildman–Crippen MR) is 277 cm³/mol. The fourth-order valence-corrected chi connectivity index (χ4v) is 10.8. The van der Waals surface area contributed by atoms with Gasteiger partial charge in [0.1, 0.15) is 0 Å². The average molecular weight is 829 g/mol. The van der Waals surface area contributed by atoms with Gasteiger partial charge in [0.25, 0.3) is 0 Å². The molecule has 2 aliphatic carbocycles. The zero-order chi connectivity index (χ0) is 43.8. The quantitative estimate of drug-likeness (QED) is 0.160. The zero-order valence-electron chi connectivity index (χ0n) is 37.8. The summed E-state index contributed by atoms with van der Waals surface area (Å²) in [5.41, 5.74) is 19.4. The van der Waals surface area contributed by atoms with E-state index in [-0.39, 0.29) is 5.41 Å². The Hall–Kier alpha value is -7.16. The molecule has 2 heteroatoms. The van der Waals surface area contributed by atoms with E-state index in [2.05, 4.69) is 217 Å². The zero-order valence-corrected chi connectivity index (χ0v) is 37.8. The van der Waals surface area contributed by atoms with E-state index in [1.54, 1.807) is 5.56 Å². The summed E-state index contributed by atoms with van der Waals surface area (Å²) >= 11 is 0. The Balaban J connectivity index is 0.00000118. The Labute approximate surface area is 379 Å². The van der Waals surface area contributed by atoms with Crippen molar-refractivity contribution in [1.82, 2.24) is 0 Å². The lowest BCUT2D eigenvalue weighted by atomic mass is 9.76. The molecule has 0 aromatic heterocycles. The first-order valence-electron chi connectivity index (χ1n) is 23.5. The van der Waals surface area contributed by atoms with E-state index in [1.165, 1.54) is 91.7 Å². The highest BCUT2D eigenvalue weighted by Crippen LogP contribution is 2.58. The van der Waals surface area contributed by atoms with Crippen LogP contribution in [0.4, 0.5) is 34.1 Å². The molecule has 314 valence electrons. The van der Waals surface area contributed by atoms with E-state index in [0.29, 0.717) is 0 Å². The maximum atomic E-state index is 2.49. The average Bonchev–Trinajstić information content (AvgIpc) is 3.96. The number of hydrogen-bond acceptors (Lipinski definition) is 2. The van der Waals surface area contributed by atoms with E-state index >= 15 is 0 Å². The van der Waals surface area contributed by atoms with Crippen LogP contribution in [-0.4, -0.2) is 0 Å². The van der Waals surface area contributed by atoms with Crippen LogP contribution < -0.4 is 9.80 Å². The molecule has 3 aliphatic rings. The summed E-state index contributed by atoms with van der Waals surface area (Å²) in [4.78, 5) is 4.78. The van der Waals surface area contributed by atoms with Gasteiger partial charge in [-0.2, -0.15) is 0 Å². The second-order valence-corrected chi connectivity index (χ2v) is 17.0. The molecule has 9 aromatic rings. The number of anilines is 6. The van der Waals surface area contributed by atoms with Gasteiger partial charge >= 0.3 is 0 Å².